The molecular weight excluding hydrogens is 334 g/mol. The molecule has 0 saturated carbocycles. The number of ether oxygens (including phenoxy) is 3. The van der Waals surface area contributed by atoms with E-state index in [-0.39, 0.29) is 19.2 Å². The minimum absolute atomic E-state index is 0.153. The molecule has 1 aliphatic rings. The number of carbonyl (C=O) groups excluding carboxylic acids is 1. The minimum Gasteiger partial charge on any atom is -0.484 e. The van der Waals surface area contributed by atoms with Crippen molar-refractivity contribution in [3.8, 4) is 28.4 Å². The van der Waals surface area contributed by atoms with Gasteiger partial charge in [-0.15, -0.1) is 0 Å². The fourth-order valence-electron chi connectivity index (χ4n) is 2.92. The van der Waals surface area contributed by atoms with E-state index in [0.29, 0.717) is 17.9 Å². The van der Waals surface area contributed by atoms with Crippen molar-refractivity contribution in [1.82, 2.24) is 4.98 Å². The number of benzene rings is 2. The predicted molar refractivity (Wildman–Crippen MR) is 93.7 cm³/mol. The molecule has 132 valence electrons. The summed E-state index contributed by atoms with van der Waals surface area (Å²) >= 11 is 0. The van der Waals surface area contributed by atoms with Gasteiger partial charge in [0.1, 0.15) is 5.75 Å². The molecule has 0 atom stereocenters. The summed E-state index contributed by atoms with van der Waals surface area (Å²) in [5.74, 6) is 2.82. The number of nitrogens with zero attached hydrogens (tertiary/aromatic N) is 1. The van der Waals surface area contributed by atoms with Crippen LogP contribution in [0.5, 0.6) is 17.2 Å². The molecule has 0 unspecified atom stereocenters. The summed E-state index contributed by atoms with van der Waals surface area (Å²) in [5.41, 5.74) is 3.61. The van der Waals surface area contributed by atoms with Gasteiger partial charge in [0, 0.05) is 0 Å². The molecule has 26 heavy (non-hydrogen) atoms. The molecule has 4 rings (SSSR count). The summed E-state index contributed by atoms with van der Waals surface area (Å²) in [5, 5.41) is 0. The van der Waals surface area contributed by atoms with E-state index in [1.54, 1.807) is 6.92 Å². The highest BCUT2D eigenvalue weighted by molar-refractivity contribution is 5.73. The quantitative estimate of drug-likeness (QED) is 0.645. The SMILES string of the molecule is Cc1nc(COc2cccc(-c3ccc4c(c3)OCO4)c2C)oc1C=O. The number of fused-ring (bicyclic) bond motifs is 1. The van der Waals surface area contributed by atoms with Crippen LogP contribution in [0.25, 0.3) is 11.1 Å². The first-order chi connectivity index (χ1) is 12.7. The molecule has 0 radical (unpaired) electrons. The van der Waals surface area contributed by atoms with E-state index in [9.17, 15) is 4.79 Å². The van der Waals surface area contributed by atoms with Crippen LogP contribution in [0.4, 0.5) is 0 Å². The van der Waals surface area contributed by atoms with E-state index in [1.165, 1.54) is 0 Å². The van der Waals surface area contributed by atoms with Crippen LogP contribution in [0.2, 0.25) is 0 Å². The third kappa shape index (κ3) is 2.90. The van der Waals surface area contributed by atoms with Crippen LogP contribution in [-0.4, -0.2) is 18.1 Å². The second kappa shape index (κ2) is 6.55. The minimum atomic E-state index is 0.153. The number of aryl methyl sites for hydroxylation is 1. The lowest BCUT2D eigenvalue weighted by Crippen LogP contribution is -1.98. The van der Waals surface area contributed by atoms with Gasteiger partial charge >= 0.3 is 0 Å². The lowest BCUT2D eigenvalue weighted by atomic mass is 9.99. The van der Waals surface area contributed by atoms with Crippen molar-refractivity contribution in [3.63, 3.8) is 0 Å². The molecule has 3 aromatic rings. The number of hydrogen-bond acceptors (Lipinski definition) is 6. The average molecular weight is 351 g/mol. The number of rotatable bonds is 5. The van der Waals surface area contributed by atoms with E-state index in [4.69, 9.17) is 18.6 Å². The normalized spacial score (nSPS) is 12.2. The Morgan fingerprint density at radius 3 is 2.81 bits per heavy atom. The molecule has 2 aromatic carbocycles. The Kier molecular flexibility index (Phi) is 4.08. The summed E-state index contributed by atoms with van der Waals surface area (Å²) in [7, 11) is 0. The first kappa shape index (κ1) is 16.2. The highest BCUT2D eigenvalue weighted by Gasteiger charge is 2.16. The van der Waals surface area contributed by atoms with Crippen molar-refractivity contribution in [2.24, 2.45) is 0 Å². The molecule has 0 bridgehead atoms. The summed E-state index contributed by atoms with van der Waals surface area (Å²) in [4.78, 5) is 15.1. The fraction of sp³-hybridized carbons (Fsp3) is 0.200. The molecule has 0 spiro atoms. The van der Waals surface area contributed by atoms with Gasteiger partial charge in [-0.3, -0.25) is 4.79 Å². The highest BCUT2D eigenvalue weighted by Crippen LogP contribution is 2.38. The van der Waals surface area contributed by atoms with Crippen molar-refractivity contribution >= 4 is 6.29 Å². The van der Waals surface area contributed by atoms with Crippen LogP contribution in [-0.2, 0) is 6.61 Å². The maximum Gasteiger partial charge on any atom is 0.233 e. The number of carbonyl (C=O) groups is 1. The summed E-state index contributed by atoms with van der Waals surface area (Å²) < 4.78 is 22.0. The molecule has 0 aliphatic carbocycles. The van der Waals surface area contributed by atoms with Gasteiger partial charge in [0.2, 0.25) is 12.7 Å². The van der Waals surface area contributed by atoms with Gasteiger partial charge < -0.3 is 18.6 Å². The van der Waals surface area contributed by atoms with Crippen LogP contribution in [0, 0.1) is 13.8 Å². The Morgan fingerprint density at radius 2 is 2.00 bits per heavy atom. The third-order valence-electron chi connectivity index (χ3n) is 4.30. The van der Waals surface area contributed by atoms with Gasteiger partial charge in [0.15, 0.2) is 30.2 Å². The Hall–Kier alpha value is -3.28. The molecule has 0 N–H and O–H groups in total. The third-order valence-corrected chi connectivity index (χ3v) is 4.30. The molecular formula is C20H17NO5. The van der Waals surface area contributed by atoms with Crippen LogP contribution in [0.1, 0.15) is 27.7 Å². The second-order valence-corrected chi connectivity index (χ2v) is 5.96. The topological polar surface area (TPSA) is 70.8 Å². The monoisotopic (exact) mass is 351 g/mol. The van der Waals surface area contributed by atoms with Gasteiger partial charge in [0.25, 0.3) is 0 Å². The van der Waals surface area contributed by atoms with E-state index >= 15 is 0 Å². The zero-order chi connectivity index (χ0) is 18.1. The molecule has 6 heteroatoms. The van der Waals surface area contributed by atoms with Gasteiger partial charge in [-0.05, 0) is 48.7 Å². The van der Waals surface area contributed by atoms with Gasteiger partial charge in [-0.2, -0.15) is 0 Å². The predicted octanol–water partition coefficient (Wildman–Crippen LogP) is 4.08. The highest BCUT2D eigenvalue weighted by atomic mass is 16.7. The number of aldehydes is 1. The van der Waals surface area contributed by atoms with Crippen molar-refractivity contribution in [1.29, 1.82) is 0 Å². The number of hydrogen-bond donors (Lipinski definition) is 0. The van der Waals surface area contributed by atoms with Gasteiger partial charge in [-0.25, -0.2) is 4.98 Å². The first-order valence-corrected chi connectivity index (χ1v) is 8.19. The lowest BCUT2D eigenvalue weighted by Gasteiger charge is -2.12. The van der Waals surface area contributed by atoms with Crippen molar-refractivity contribution in [3.05, 3.63) is 59.3 Å². The Balaban J connectivity index is 1.58. The van der Waals surface area contributed by atoms with Crippen LogP contribution >= 0.6 is 0 Å². The zero-order valence-corrected chi connectivity index (χ0v) is 14.4. The smallest absolute Gasteiger partial charge is 0.233 e. The largest absolute Gasteiger partial charge is 0.484 e. The number of oxazole rings is 1. The fourth-order valence-corrected chi connectivity index (χ4v) is 2.92. The van der Waals surface area contributed by atoms with Crippen molar-refractivity contribution in [2.45, 2.75) is 20.5 Å². The summed E-state index contributed by atoms with van der Waals surface area (Å²) in [6.45, 7) is 4.12. The Morgan fingerprint density at radius 1 is 1.15 bits per heavy atom. The van der Waals surface area contributed by atoms with Crippen LogP contribution in [0.3, 0.4) is 0 Å². The summed E-state index contributed by atoms with van der Waals surface area (Å²) in [6.07, 6.45) is 0.650. The van der Waals surface area contributed by atoms with Crippen molar-refractivity contribution in [2.75, 3.05) is 6.79 Å². The van der Waals surface area contributed by atoms with Crippen LogP contribution < -0.4 is 14.2 Å². The average Bonchev–Trinajstić information content (AvgIpc) is 3.26. The Bertz CT molecular complexity index is 976. The van der Waals surface area contributed by atoms with Gasteiger partial charge in [0.05, 0.1) is 5.69 Å². The molecule has 0 amide bonds. The van der Waals surface area contributed by atoms with E-state index in [0.717, 1.165) is 33.9 Å². The van der Waals surface area contributed by atoms with Crippen molar-refractivity contribution < 1.29 is 23.4 Å². The molecule has 2 heterocycles. The molecule has 1 aliphatic heterocycles. The second-order valence-electron chi connectivity index (χ2n) is 5.96. The van der Waals surface area contributed by atoms with E-state index in [2.05, 4.69) is 4.98 Å². The van der Waals surface area contributed by atoms with E-state index in [1.807, 2.05) is 43.3 Å². The van der Waals surface area contributed by atoms with Gasteiger partial charge in [-0.1, -0.05) is 18.2 Å². The Labute approximate surface area is 150 Å². The summed E-state index contributed by atoms with van der Waals surface area (Å²) in [6, 6.07) is 11.7. The maximum absolute atomic E-state index is 10.9. The zero-order valence-electron chi connectivity index (χ0n) is 14.4. The van der Waals surface area contributed by atoms with E-state index < -0.39 is 0 Å². The van der Waals surface area contributed by atoms with Crippen LogP contribution in [0.15, 0.2) is 40.8 Å². The first-order valence-electron chi connectivity index (χ1n) is 8.19. The number of aromatic nitrogens is 1. The standard InChI is InChI=1S/C20H17NO5/c1-12-15(14-6-7-17-18(8-14)25-11-24-17)4-3-5-16(12)23-10-20-21-13(2)19(9-22)26-20/h3-9H,10-11H2,1-2H3. The molecule has 0 saturated heterocycles. The maximum atomic E-state index is 10.9. The molecule has 0 fully saturated rings. The molecule has 1 aromatic heterocycles. The molecule has 6 nitrogen and oxygen atoms in total. The lowest BCUT2D eigenvalue weighted by molar-refractivity contribution is 0.109.